The van der Waals surface area contributed by atoms with E-state index >= 15 is 0 Å². The molecule has 0 aliphatic carbocycles. The smallest absolute Gasteiger partial charge is 0.220 e. The van der Waals surface area contributed by atoms with E-state index in [0.29, 0.717) is 25.7 Å². The van der Waals surface area contributed by atoms with Gasteiger partial charge in [0.15, 0.2) is 12.6 Å². The molecule has 0 saturated carbocycles. The molecule has 2 fully saturated rings. The van der Waals surface area contributed by atoms with E-state index in [2.05, 4.69) is 43.5 Å². The Bertz CT molecular complexity index is 2670. The lowest BCUT2D eigenvalue weighted by molar-refractivity contribution is -0.303. The monoisotopic (exact) mass is 1530 g/mol. The van der Waals surface area contributed by atoms with Crippen molar-refractivity contribution in [3.05, 3.63) is 95.3 Å². The molecule has 0 spiro atoms. The molecular weight excluding hydrogens is 1380 g/mol. The first-order valence-electron chi connectivity index (χ1n) is 42.0. The number of aryl methyl sites for hydroxylation is 3. The summed E-state index contributed by atoms with van der Waals surface area (Å²) >= 11 is 0. The number of rotatable bonds is 61. The number of carbonyl (C=O) groups excluding carboxylic acids is 2. The molecule has 21 nitrogen and oxygen atoms in total. The highest BCUT2D eigenvalue weighted by molar-refractivity contribution is 5.76. The van der Waals surface area contributed by atoms with Crippen LogP contribution in [0.1, 0.15) is 294 Å². The van der Waals surface area contributed by atoms with Crippen molar-refractivity contribution in [1.29, 1.82) is 0 Å². The normalized spacial score (nSPS) is 21.8. The van der Waals surface area contributed by atoms with Crippen molar-refractivity contribution < 1.29 is 98.9 Å². The predicted octanol–water partition coefficient (Wildman–Crippen LogP) is 12.8. The fourth-order valence-electron chi connectivity index (χ4n) is 14.0. The number of halogens is 1. The molecule has 2 aliphatic rings. The van der Waals surface area contributed by atoms with Gasteiger partial charge in [0.25, 0.3) is 0 Å². The molecular formula is C86H145FN2O19. The van der Waals surface area contributed by atoms with Gasteiger partial charge in [-0.05, 0) is 106 Å². The molecule has 2 aliphatic heterocycles. The Kier molecular flexibility index (Phi) is 52.8. The van der Waals surface area contributed by atoms with E-state index in [1.54, 1.807) is 12.1 Å². The van der Waals surface area contributed by atoms with E-state index < -0.39 is 111 Å². The van der Waals surface area contributed by atoms with Crippen LogP contribution in [0.25, 0.3) is 0 Å². The Balaban J connectivity index is 0.000000465. The van der Waals surface area contributed by atoms with Gasteiger partial charge < -0.3 is 95.6 Å². The second-order valence-corrected chi connectivity index (χ2v) is 30.7. The summed E-state index contributed by atoms with van der Waals surface area (Å²) in [6, 6.07) is 20.9. The molecule has 5 rings (SSSR count). The molecule has 22 heteroatoms. The van der Waals surface area contributed by atoms with E-state index in [4.69, 9.17) is 23.7 Å². The first-order chi connectivity index (χ1) is 52.3. The third-order valence-electron chi connectivity index (χ3n) is 21.2. The minimum absolute atomic E-state index is 0.218. The van der Waals surface area contributed by atoms with Gasteiger partial charge in [0.05, 0.1) is 50.7 Å². The van der Waals surface area contributed by atoms with Crippen LogP contribution in [0.2, 0.25) is 0 Å². The number of amides is 2. The van der Waals surface area contributed by atoms with Crippen molar-refractivity contribution in [1.82, 2.24) is 10.6 Å². The summed E-state index contributed by atoms with van der Waals surface area (Å²) in [5.74, 6) is 0.840. The molecule has 3 aromatic rings. The Morgan fingerprint density at radius 3 is 1.03 bits per heavy atom. The second-order valence-electron chi connectivity index (χ2n) is 30.7. The van der Waals surface area contributed by atoms with E-state index in [1.807, 2.05) is 36.4 Å². The molecule has 0 bridgehead atoms. The number of carbonyl (C=O) groups is 2. The highest BCUT2D eigenvalue weighted by Crippen LogP contribution is 2.28. The van der Waals surface area contributed by atoms with Crippen molar-refractivity contribution in [3.8, 4) is 11.5 Å². The highest BCUT2D eigenvalue weighted by atomic mass is 19.1. The summed E-state index contributed by atoms with van der Waals surface area (Å²) in [5, 5.41) is 130. The van der Waals surface area contributed by atoms with Gasteiger partial charge in [-0.3, -0.25) is 9.59 Å². The summed E-state index contributed by atoms with van der Waals surface area (Å²) in [4.78, 5) is 25.9. The largest absolute Gasteiger partial charge is 0.457 e. The number of benzene rings is 3. The van der Waals surface area contributed by atoms with Gasteiger partial charge in [-0.25, -0.2) is 4.39 Å². The van der Waals surface area contributed by atoms with Gasteiger partial charge >= 0.3 is 0 Å². The second kappa shape index (κ2) is 59.4. The summed E-state index contributed by atoms with van der Waals surface area (Å²) in [6.45, 7) is 4.64. The van der Waals surface area contributed by atoms with Gasteiger partial charge in [0.1, 0.15) is 78.4 Å². The molecule has 2 heterocycles. The van der Waals surface area contributed by atoms with Crippen molar-refractivity contribution in [2.24, 2.45) is 0 Å². The Morgan fingerprint density at radius 2 is 0.694 bits per heavy atom. The summed E-state index contributed by atoms with van der Waals surface area (Å²) in [5.41, 5.74) is 3.61. The number of unbranched alkanes of at least 4 members (excludes halogenated alkanes) is 33. The maximum Gasteiger partial charge on any atom is 0.220 e. The zero-order valence-electron chi connectivity index (χ0n) is 66.0. The van der Waals surface area contributed by atoms with Crippen LogP contribution in [-0.2, 0) is 41.4 Å². The van der Waals surface area contributed by atoms with E-state index in [1.165, 1.54) is 139 Å². The molecule has 4 unspecified atom stereocenters. The number of aliphatic hydroxyl groups is 12. The minimum Gasteiger partial charge on any atom is -0.457 e. The molecule has 2 saturated heterocycles. The first kappa shape index (κ1) is 96.1. The van der Waals surface area contributed by atoms with E-state index in [9.17, 15) is 75.3 Å². The summed E-state index contributed by atoms with van der Waals surface area (Å²) in [6.07, 6.45) is 24.6. The Hall–Kier alpha value is -4.31. The third kappa shape index (κ3) is 40.9. The number of ether oxygens (including phenoxy) is 5. The van der Waals surface area contributed by atoms with Gasteiger partial charge in [0.2, 0.25) is 11.8 Å². The van der Waals surface area contributed by atoms with Crippen molar-refractivity contribution >= 4 is 11.8 Å². The average molecular weight is 1530 g/mol. The lowest BCUT2D eigenvalue weighted by Gasteiger charge is -2.40. The number of nitrogens with one attached hydrogen (secondary N) is 2. The molecule has 2 amide bonds. The Labute approximate surface area is 646 Å². The van der Waals surface area contributed by atoms with Crippen LogP contribution < -0.4 is 15.4 Å². The molecule has 0 radical (unpaired) electrons. The number of hydrogen-bond donors (Lipinski definition) is 14. The summed E-state index contributed by atoms with van der Waals surface area (Å²) in [7, 11) is 0. The number of hydrogen-bond acceptors (Lipinski definition) is 19. The molecule has 3 aromatic carbocycles. The van der Waals surface area contributed by atoms with Crippen LogP contribution in [-0.4, -0.2) is 197 Å². The first-order valence-corrected chi connectivity index (χ1v) is 42.0. The molecule has 16 atom stereocenters. The van der Waals surface area contributed by atoms with Crippen molar-refractivity contribution in [2.45, 2.75) is 395 Å². The zero-order chi connectivity index (χ0) is 78.5. The zero-order valence-corrected chi connectivity index (χ0v) is 66.0. The quantitative estimate of drug-likeness (QED) is 0.0233. The van der Waals surface area contributed by atoms with Crippen LogP contribution in [0.5, 0.6) is 11.5 Å². The third-order valence-corrected chi connectivity index (χ3v) is 21.2. The minimum atomic E-state index is -1.62. The highest BCUT2D eigenvalue weighted by Gasteiger charge is 2.46. The van der Waals surface area contributed by atoms with Crippen LogP contribution in [0.3, 0.4) is 0 Å². The predicted molar refractivity (Wildman–Crippen MR) is 419 cm³/mol. The topological polar surface area (TPSA) is 347 Å². The van der Waals surface area contributed by atoms with Crippen LogP contribution in [0.4, 0.5) is 4.39 Å². The van der Waals surface area contributed by atoms with Gasteiger partial charge in [-0.15, -0.1) is 0 Å². The fraction of sp³-hybridized carbons (Fsp3) is 0.767. The van der Waals surface area contributed by atoms with E-state index in [-0.39, 0.29) is 43.7 Å². The lowest BCUT2D eigenvalue weighted by Crippen LogP contribution is -2.60. The average Bonchev–Trinajstić information content (AvgIpc) is 0.821. The van der Waals surface area contributed by atoms with Crippen LogP contribution >= 0.6 is 0 Å². The molecule has 0 aromatic heterocycles. The van der Waals surface area contributed by atoms with Crippen LogP contribution in [0.15, 0.2) is 72.8 Å². The number of aliphatic hydroxyl groups excluding tert-OH is 12. The SMILES string of the molecule is CCCCCCCCCCCCCC[C@@H](O)[C@@H](O)[C@H](CO[C@H]1OC(CO)[C@H](O)C(O)[C@@H]1O)NC(=O)CCCCCCCCCCc1ccc(Oc2ccc(C)cc2)cc1.CCCCCCCCCCCCCC[C@@H](O)[C@@H](O)[C@H](CO[C@H]1OC(CO)[C@H](O)C(O)[C@@H]1O)NC(=O)CCCCCCCc1ccc(F)cc1. The van der Waals surface area contributed by atoms with Crippen molar-refractivity contribution in [3.63, 3.8) is 0 Å². The van der Waals surface area contributed by atoms with Gasteiger partial charge in [-0.1, -0.05) is 268 Å². The van der Waals surface area contributed by atoms with E-state index in [0.717, 1.165) is 139 Å². The van der Waals surface area contributed by atoms with Gasteiger partial charge in [-0.2, -0.15) is 0 Å². The Morgan fingerprint density at radius 1 is 0.398 bits per heavy atom. The molecule has 620 valence electrons. The van der Waals surface area contributed by atoms with Gasteiger partial charge in [0, 0.05) is 12.8 Å². The van der Waals surface area contributed by atoms with Crippen LogP contribution in [0, 0.1) is 12.7 Å². The van der Waals surface area contributed by atoms with Crippen molar-refractivity contribution in [2.75, 3.05) is 26.4 Å². The summed E-state index contributed by atoms with van der Waals surface area (Å²) < 4.78 is 41.2. The maximum atomic E-state index is 13.1. The maximum absolute atomic E-state index is 13.1. The molecule has 14 N–H and O–H groups in total. The lowest BCUT2D eigenvalue weighted by atomic mass is 9.98. The standard InChI is InChI=1S/C48H79NO10.C38H66FNO9/c1-3-4-5-6-7-8-9-10-11-15-18-21-24-41(51)44(53)40(35-57-48-47(56)46(55)45(54)42(34-50)59-48)49-43(52)25-22-19-16-13-12-14-17-20-23-37-28-32-39(33-29-37)58-38-30-26-36(2)27-31-38;1-2-3-4-5-6-7-8-9-10-11-14-17-20-31(42)34(44)30(27-48-38-37(47)36(46)35(45)32(26-41)49-38)40-33(43)21-18-15-12-13-16-19-28-22-24-29(39)25-23-28/h26-33,40-42,44-48,50-51,53-56H,3-25,34-35H2,1-2H3,(H,49,52);22-25,30-32,34-38,41-42,44-47H,2-21,26-27H2,1H3,(H,40,43)/t40-,41+,42?,44-,45-,46?,47-,48-;30-,31+,32?,34-,35-,36?,37-,38-/m00/s1. The fourth-order valence-corrected chi connectivity index (χ4v) is 14.0. The molecule has 108 heavy (non-hydrogen) atoms.